The number of allylic oxidation sites excluding steroid dienone is 2. The zero-order valence-electron chi connectivity index (χ0n) is 17.2. The third-order valence-electron chi connectivity index (χ3n) is 5.16. The third-order valence-corrected chi connectivity index (χ3v) is 5.16. The van der Waals surface area contributed by atoms with E-state index in [0.717, 1.165) is 19.3 Å². The van der Waals surface area contributed by atoms with Gasteiger partial charge in [-0.15, -0.1) is 0 Å². The highest BCUT2D eigenvalue weighted by Gasteiger charge is 2.39. The van der Waals surface area contributed by atoms with Gasteiger partial charge in [-0.05, 0) is 32.1 Å². The molecule has 1 fully saturated rings. The summed E-state index contributed by atoms with van der Waals surface area (Å²) >= 11 is 0. The minimum atomic E-state index is -1.03. The molecule has 1 saturated heterocycles. The molecule has 0 aromatic rings. The second-order valence-corrected chi connectivity index (χ2v) is 7.73. The number of hydrogen-bond donors (Lipinski definition) is 3. The molecule has 0 saturated carbocycles. The van der Waals surface area contributed by atoms with Gasteiger partial charge in [-0.25, -0.2) is 0 Å². The van der Waals surface area contributed by atoms with Crippen LogP contribution in [-0.2, 0) is 9.47 Å². The van der Waals surface area contributed by atoms with Crippen LogP contribution in [0.15, 0.2) is 12.2 Å². The molecule has 3 N–H and O–H groups in total. The average molecular weight is 387 g/mol. The summed E-state index contributed by atoms with van der Waals surface area (Å²) in [6.07, 6.45) is 16.2. The molecule has 0 amide bonds. The van der Waals surface area contributed by atoms with Gasteiger partial charge in [0.25, 0.3) is 0 Å². The molecule has 27 heavy (non-hydrogen) atoms. The van der Waals surface area contributed by atoms with E-state index in [1.807, 2.05) is 0 Å². The van der Waals surface area contributed by atoms with Crippen molar-refractivity contribution < 1.29 is 24.8 Å². The maximum atomic E-state index is 9.92. The minimum Gasteiger partial charge on any atom is -0.388 e. The summed E-state index contributed by atoms with van der Waals surface area (Å²) in [6, 6.07) is 0. The summed E-state index contributed by atoms with van der Waals surface area (Å²) < 4.78 is 10.6. The lowest BCUT2D eigenvalue weighted by atomic mass is 10.1. The molecule has 0 bridgehead atoms. The Labute approximate surface area is 165 Å². The maximum Gasteiger partial charge on any atom is 0.114 e. The fourth-order valence-corrected chi connectivity index (χ4v) is 3.36. The van der Waals surface area contributed by atoms with Crippen LogP contribution in [0, 0.1) is 0 Å². The molecule has 4 atom stereocenters. The average Bonchev–Trinajstić information content (AvgIpc) is 3.00. The van der Waals surface area contributed by atoms with Crippen molar-refractivity contribution in [3.05, 3.63) is 12.2 Å². The molecule has 0 unspecified atom stereocenters. The Morgan fingerprint density at radius 1 is 0.926 bits per heavy atom. The largest absolute Gasteiger partial charge is 0.388 e. The molecule has 1 heterocycles. The van der Waals surface area contributed by atoms with Crippen molar-refractivity contribution in [1.29, 1.82) is 0 Å². The van der Waals surface area contributed by atoms with Crippen molar-refractivity contribution in [1.82, 2.24) is 0 Å². The zero-order chi connectivity index (χ0) is 19.7. The summed E-state index contributed by atoms with van der Waals surface area (Å²) in [4.78, 5) is 0. The number of ether oxygens (including phenoxy) is 2. The highest BCUT2D eigenvalue weighted by molar-refractivity contribution is 4.87. The van der Waals surface area contributed by atoms with E-state index in [0.29, 0.717) is 6.61 Å². The maximum absolute atomic E-state index is 9.92. The number of rotatable bonds is 17. The Balaban J connectivity index is 1.82. The van der Waals surface area contributed by atoms with Crippen molar-refractivity contribution in [2.45, 2.75) is 108 Å². The Kier molecular flexibility index (Phi) is 15.0. The van der Waals surface area contributed by atoms with E-state index in [9.17, 15) is 15.3 Å². The van der Waals surface area contributed by atoms with Crippen molar-refractivity contribution in [3.8, 4) is 0 Å². The Morgan fingerprint density at radius 3 is 2.11 bits per heavy atom. The van der Waals surface area contributed by atoms with Gasteiger partial charge < -0.3 is 24.8 Å². The van der Waals surface area contributed by atoms with Gasteiger partial charge in [0, 0.05) is 6.61 Å². The van der Waals surface area contributed by atoms with Crippen molar-refractivity contribution in [2.75, 3.05) is 19.8 Å². The fourth-order valence-electron chi connectivity index (χ4n) is 3.36. The first-order valence-corrected chi connectivity index (χ1v) is 11.0. The lowest BCUT2D eigenvalue weighted by Crippen LogP contribution is -2.40. The van der Waals surface area contributed by atoms with Crippen LogP contribution in [0.4, 0.5) is 0 Å². The van der Waals surface area contributed by atoms with Crippen molar-refractivity contribution >= 4 is 0 Å². The topological polar surface area (TPSA) is 79.2 Å². The second kappa shape index (κ2) is 16.5. The van der Waals surface area contributed by atoms with E-state index >= 15 is 0 Å². The predicted molar refractivity (Wildman–Crippen MR) is 109 cm³/mol. The van der Waals surface area contributed by atoms with Crippen LogP contribution < -0.4 is 0 Å². The third kappa shape index (κ3) is 11.9. The van der Waals surface area contributed by atoms with Gasteiger partial charge in [0.05, 0.1) is 13.2 Å². The van der Waals surface area contributed by atoms with Crippen LogP contribution in [0.3, 0.4) is 0 Å². The number of aliphatic hydroxyl groups is 3. The molecule has 0 aromatic heterocycles. The fraction of sp³-hybridized carbons (Fsp3) is 0.909. The first kappa shape index (κ1) is 24.6. The lowest BCUT2D eigenvalue weighted by Gasteiger charge is -2.20. The van der Waals surface area contributed by atoms with Crippen molar-refractivity contribution in [2.24, 2.45) is 0 Å². The Morgan fingerprint density at radius 2 is 1.52 bits per heavy atom. The normalized spacial score (nSPS) is 24.1. The van der Waals surface area contributed by atoms with Gasteiger partial charge in [-0.2, -0.15) is 0 Å². The van der Waals surface area contributed by atoms with Gasteiger partial charge >= 0.3 is 0 Å². The van der Waals surface area contributed by atoms with Crippen LogP contribution in [-0.4, -0.2) is 59.6 Å². The SMILES string of the molecule is CCCCCCCCCC/C=C/CCCCOC[C@@H](O)[C@H]1OC[C@H](O)[C@H]1O. The molecular formula is C22H42O5. The van der Waals surface area contributed by atoms with E-state index in [2.05, 4.69) is 19.1 Å². The van der Waals surface area contributed by atoms with Gasteiger partial charge in [0.2, 0.25) is 0 Å². The van der Waals surface area contributed by atoms with Crippen LogP contribution in [0.2, 0.25) is 0 Å². The van der Waals surface area contributed by atoms with Gasteiger partial charge in [0.15, 0.2) is 0 Å². The molecule has 1 aliphatic heterocycles. The summed E-state index contributed by atoms with van der Waals surface area (Å²) in [7, 11) is 0. The highest BCUT2D eigenvalue weighted by Crippen LogP contribution is 2.18. The summed E-state index contributed by atoms with van der Waals surface area (Å²) in [5.74, 6) is 0. The lowest BCUT2D eigenvalue weighted by molar-refractivity contribution is -0.0813. The molecule has 1 aliphatic rings. The molecule has 0 radical (unpaired) electrons. The number of unbranched alkanes of at least 4 members (excludes halogenated alkanes) is 10. The second-order valence-electron chi connectivity index (χ2n) is 7.73. The first-order chi connectivity index (χ1) is 13.2. The summed E-state index contributed by atoms with van der Waals surface area (Å²) in [5.41, 5.74) is 0. The van der Waals surface area contributed by atoms with Crippen molar-refractivity contribution in [3.63, 3.8) is 0 Å². The number of aliphatic hydroxyl groups excluding tert-OH is 3. The van der Waals surface area contributed by atoms with Crippen LogP contribution in [0.1, 0.15) is 84.0 Å². The Hall–Kier alpha value is -0.460. The quantitative estimate of drug-likeness (QED) is 0.262. The smallest absolute Gasteiger partial charge is 0.114 e. The molecular weight excluding hydrogens is 344 g/mol. The highest BCUT2D eigenvalue weighted by atomic mass is 16.5. The first-order valence-electron chi connectivity index (χ1n) is 11.0. The monoisotopic (exact) mass is 386 g/mol. The van der Waals surface area contributed by atoms with Gasteiger partial charge in [0.1, 0.15) is 24.4 Å². The minimum absolute atomic E-state index is 0.0637. The van der Waals surface area contributed by atoms with Crippen LogP contribution in [0.25, 0.3) is 0 Å². The molecule has 0 aromatic carbocycles. The van der Waals surface area contributed by atoms with Gasteiger partial charge in [-0.1, -0.05) is 64.0 Å². The van der Waals surface area contributed by atoms with Gasteiger partial charge in [-0.3, -0.25) is 0 Å². The van der Waals surface area contributed by atoms with Crippen LogP contribution in [0.5, 0.6) is 0 Å². The molecule has 0 spiro atoms. The summed E-state index contributed by atoms with van der Waals surface area (Å²) in [6.45, 7) is 3.04. The predicted octanol–water partition coefficient (Wildman–Crippen LogP) is 3.74. The van der Waals surface area contributed by atoms with E-state index in [-0.39, 0.29) is 13.2 Å². The summed E-state index contributed by atoms with van der Waals surface area (Å²) in [5, 5.41) is 29.0. The van der Waals surface area contributed by atoms with E-state index in [4.69, 9.17) is 9.47 Å². The molecule has 5 heteroatoms. The molecule has 1 rings (SSSR count). The van der Waals surface area contributed by atoms with E-state index in [1.165, 1.54) is 57.8 Å². The van der Waals surface area contributed by atoms with E-state index in [1.54, 1.807) is 0 Å². The zero-order valence-corrected chi connectivity index (χ0v) is 17.2. The standard InChI is InChI=1S/C22H42O5/c1-2-3-4-5-6-7-8-9-10-11-12-13-14-15-16-26-17-20(24)22-21(25)19(23)18-27-22/h11-12,19-25H,2-10,13-18H2,1H3/b12-11+/t19-,20+,21+,22+/m0/s1. The van der Waals surface area contributed by atoms with Crippen LogP contribution >= 0.6 is 0 Å². The Bertz CT molecular complexity index is 361. The van der Waals surface area contributed by atoms with E-state index < -0.39 is 24.4 Å². The molecule has 5 nitrogen and oxygen atoms in total. The molecule has 0 aliphatic carbocycles. The number of hydrogen-bond acceptors (Lipinski definition) is 5. The molecule has 160 valence electrons.